The Morgan fingerprint density at radius 2 is 1.76 bits per heavy atom. The number of halogens is 5. The van der Waals surface area contributed by atoms with Crippen molar-refractivity contribution in [2.24, 2.45) is 5.10 Å². The number of pyridine rings is 1. The molecule has 2 rings (SSSR count). The maximum Gasteiger partial charge on any atom is 0.416 e. The van der Waals surface area contributed by atoms with Gasteiger partial charge in [-0.05, 0) is 30.3 Å². The largest absolute Gasteiger partial charge is 0.416 e. The van der Waals surface area contributed by atoms with Gasteiger partial charge in [-0.1, -0.05) is 29.3 Å². The first kappa shape index (κ1) is 15.6. The quantitative estimate of drug-likeness (QED) is 0.495. The number of aromatic nitrogens is 1. The summed E-state index contributed by atoms with van der Waals surface area (Å²) >= 11 is 11.4. The Morgan fingerprint density at radius 3 is 2.38 bits per heavy atom. The number of rotatable bonds is 3. The number of hydrazone groups is 1. The molecule has 1 aromatic carbocycles. The number of nitrogens with one attached hydrogen (secondary N) is 1. The predicted octanol–water partition coefficient (Wildman–Crippen LogP) is 4.85. The van der Waals surface area contributed by atoms with Crippen LogP contribution in [-0.2, 0) is 6.18 Å². The first-order valence-electron chi connectivity index (χ1n) is 5.64. The molecule has 2 aromatic rings. The molecule has 0 fully saturated rings. The van der Waals surface area contributed by atoms with E-state index in [2.05, 4.69) is 15.5 Å². The summed E-state index contributed by atoms with van der Waals surface area (Å²) in [4.78, 5) is 3.76. The minimum atomic E-state index is -4.40. The van der Waals surface area contributed by atoms with Crippen molar-refractivity contribution < 1.29 is 13.2 Å². The zero-order valence-electron chi connectivity index (χ0n) is 10.3. The molecule has 0 radical (unpaired) electrons. The Hall–Kier alpha value is -1.79. The number of nitrogens with zero attached hydrogens (tertiary/aromatic N) is 2. The maximum absolute atomic E-state index is 12.5. The van der Waals surface area contributed by atoms with E-state index in [9.17, 15) is 13.2 Å². The van der Waals surface area contributed by atoms with Crippen LogP contribution in [0.4, 0.5) is 18.9 Å². The van der Waals surface area contributed by atoms with Gasteiger partial charge in [-0.25, -0.2) is 4.98 Å². The van der Waals surface area contributed by atoms with Crippen molar-refractivity contribution in [1.82, 2.24) is 4.98 Å². The Balaban J connectivity index is 2.11. The van der Waals surface area contributed by atoms with Crippen LogP contribution in [0.5, 0.6) is 0 Å². The molecule has 0 aliphatic carbocycles. The van der Waals surface area contributed by atoms with Crippen molar-refractivity contribution in [3.05, 3.63) is 57.8 Å². The highest BCUT2D eigenvalue weighted by Gasteiger charge is 2.30. The molecular formula is C13H8Cl2F3N3. The minimum absolute atomic E-state index is 0.197. The first-order valence-corrected chi connectivity index (χ1v) is 6.39. The molecule has 21 heavy (non-hydrogen) atoms. The van der Waals surface area contributed by atoms with E-state index in [-0.39, 0.29) is 16.0 Å². The van der Waals surface area contributed by atoms with Gasteiger partial charge in [0.15, 0.2) is 0 Å². The summed E-state index contributed by atoms with van der Waals surface area (Å²) in [7, 11) is 0. The molecule has 0 saturated carbocycles. The van der Waals surface area contributed by atoms with Gasteiger partial charge in [0, 0.05) is 5.56 Å². The molecule has 110 valence electrons. The molecule has 0 bridgehead atoms. The van der Waals surface area contributed by atoms with E-state index in [1.807, 2.05) is 0 Å². The molecule has 0 unspecified atom stereocenters. The molecule has 3 nitrogen and oxygen atoms in total. The van der Waals surface area contributed by atoms with Crippen LogP contribution in [0.2, 0.25) is 10.3 Å². The number of benzene rings is 1. The smallest absolute Gasteiger partial charge is 0.278 e. The average molecular weight is 334 g/mol. The van der Waals surface area contributed by atoms with E-state index in [1.54, 1.807) is 0 Å². The second kappa shape index (κ2) is 6.32. The number of anilines is 1. The van der Waals surface area contributed by atoms with Crippen LogP contribution in [0.3, 0.4) is 0 Å². The van der Waals surface area contributed by atoms with Crippen molar-refractivity contribution >= 4 is 35.1 Å². The Morgan fingerprint density at radius 1 is 1.10 bits per heavy atom. The van der Waals surface area contributed by atoms with Crippen LogP contribution in [0.25, 0.3) is 0 Å². The molecule has 0 saturated heterocycles. The lowest BCUT2D eigenvalue weighted by molar-refractivity contribution is -0.137. The number of alkyl halides is 3. The molecule has 0 aliphatic heterocycles. The average Bonchev–Trinajstić information content (AvgIpc) is 2.37. The lowest BCUT2D eigenvalue weighted by Crippen LogP contribution is -2.05. The lowest BCUT2D eigenvalue weighted by atomic mass is 10.2. The van der Waals surface area contributed by atoms with Crippen molar-refractivity contribution in [2.45, 2.75) is 6.18 Å². The monoisotopic (exact) mass is 333 g/mol. The Bertz CT molecular complexity index is 652. The summed E-state index contributed by atoms with van der Waals surface area (Å²) < 4.78 is 37.6. The van der Waals surface area contributed by atoms with Crippen molar-refractivity contribution in [3.8, 4) is 0 Å². The van der Waals surface area contributed by atoms with Gasteiger partial charge in [0.25, 0.3) is 0 Å². The molecule has 8 heteroatoms. The van der Waals surface area contributed by atoms with Gasteiger partial charge < -0.3 is 0 Å². The van der Waals surface area contributed by atoms with Crippen LogP contribution in [-0.4, -0.2) is 11.2 Å². The molecule has 1 heterocycles. The second-order valence-electron chi connectivity index (χ2n) is 3.99. The fraction of sp³-hybridized carbons (Fsp3) is 0.0769. The Kier molecular flexibility index (Phi) is 4.69. The van der Waals surface area contributed by atoms with Gasteiger partial charge in [0.05, 0.1) is 17.5 Å². The van der Waals surface area contributed by atoms with Crippen LogP contribution in [0, 0.1) is 0 Å². The normalized spacial score (nSPS) is 11.9. The third-order valence-electron chi connectivity index (χ3n) is 2.38. The van der Waals surface area contributed by atoms with Crippen molar-refractivity contribution in [1.29, 1.82) is 0 Å². The van der Waals surface area contributed by atoms with Crippen LogP contribution >= 0.6 is 23.2 Å². The molecule has 0 aliphatic rings. The van der Waals surface area contributed by atoms with Gasteiger partial charge in [-0.15, -0.1) is 0 Å². The van der Waals surface area contributed by atoms with E-state index in [0.29, 0.717) is 5.56 Å². The van der Waals surface area contributed by atoms with E-state index in [4.69, 9.17) is 23.2 Å². The van der Waals surface area contributed by atoms with Crippen molar-refractivity contribution in [3.63, 3.8) is 0 Å². The minimum Gasteiger partial charge on any atom is -0.278 e. The topological polar surface area (TPSA) is 37.3 Å². The van der Waals surface area contributed by atoms with Crippen LogP contribution < -0.4 is 5.43 Å². The highest BCUT2D eigenvalue weighted by Crippen LogP contribution is 2.30. The second-order valence-corrected chi connectivity index (χ2v) is 4.77. The third kappa shape index (κ3) is 4.61. The van der Waals surface area contributed by atoms with E-state index in [0.717, 1.165) is 12.1 Å². The summed E-state index contributed by atoms with van der Waals surface area (Å²) in [6.07, 6.45) is -3.02. The predicted molar refractivity (Wildman–Crippen MR) is 76.9 cm³/mol. The van der Waals surface area contributed by atoms with Crippen LogP contribution in [0.15, 0.2) is 41.5 Å². The van der Waals surface area contributed by atoms with E-state index < -0.39 is 11.7 Å². The zero-order chi connectivity index (χ0) is 15.5. The van der Waals surface area contributed by atoms with Gasteiger partial charge in [-0.2, -0.15) is 18.3 Å². The molecular weight excluding hydrogens is 326 g/mol. The number of hydrogen-bond donors (Lipinski definition) is 1. The Labute approximate surface area is 128 Å². The summed E-state index contributed by atoms with van der Waals surface area (Å²) in [6, 6.07) is 7.75. The molecule has 1 N–H and O–H groups in total. The summed E-state index contributed by atoms with van der Waals surface area (Å²) in [5.74, 6) is 0. The molecule has 1 aromatic heterocycles. The fourth-order valence-corrected chi connectivity index (χ4v) is 1.98. The third-order valence-corrected chi connectivity index (χ3v) is 2.77. The standard InChI is InChI=1S/C13H8Cl2F3N3/c14-11-4-8(5-12(15)20-11)7-19-21-10-3-1-2-9(6-10)13(16,17)18/h1-7,21H/b19-7-. The van der Waals surface area contributed by atoms with Gasteiger partial charge >= 0.3 is 6.18 Å². The SMILES string of the molecule is FC(F)(F)c1cccc(N/N=C\c2cc(Cl)nc(Cl)c2)c1. The number of hydrogen-bond acceptors (Lipinski definition) is 3. The van der Waals surface area contributed by atoms with Crippen LogP contribution in [0.1, 0.15) is 11.1 Å². The maximum atomic E-state index is 12.5. The fourth-order valence-electron chi connectivity index (χ4n) is 1.50. The zero-order valence-corrected chi connectivity index (χ0v) is 11.8. The van der Waals surface area contributed by atoms with E-state index >= 15 is 0 Å². The highest BCUT2D eigenvalue weighted by molar-refractivity contribution is 6.32. The van der Waals surface area contributed by atoms with Crippen molar-refractivity contribution in [2.75, 3.05) is 5.43 Å². The summed E-state index contributed by atoms with van der Waals surface area (Å²) in [5.41, 5.74) is 2.54. The first-order chi connectivity index (χ1) is 9.84. The van der Waals surface area contributed by atoms with Gasteiger partial charge in [-0.3, -0.25) is 5.43 Å². The molecule has 0 spiro atoms. The highest BCUT2D eigenvalue weighted by atomic mass is 35.5. The lowest BCUT2D eigenvalue weighted by Gasteiger charge is -2.08. The van der Waals surface area contributed by atoms with Gasteiger partial charge in [0.2, 0.25) is 0 Å². The van der Waals surface area contributed by atoms with E-state index in [1.165, 1.54) is 30.5 Å². The molecule has 0 amide bonds. The molecule has 0 atom stereocenters. The summed E-state index contributed by atoms with van der Waals surface area (Å²) in [5, 5.41) is 4.22. The van der Waals surface area contributed by atoms with Gasteiger partial charge in [0.1, 0.15) is 10.3 Å². The summed E-state index contributed by atoms with van der Waals surface area (Å²) in [6.45, 7) is 0.